The third-order valence-electron chi connectivity index (χ3n) is 8.51. The van der Waals surface area contributed by atoms with Gasteiger partial charge in [0.15, 0.2) is 0 Å². The van der Waals surface area contributed by atoms with E-state index < -0.39 is 35.0 Å². The summed E-state index contributed by atoms with van der Waals surface area (Å²) in [6.45, 7) is 11.5. The summed E-state index contributed by atoms with van der Waals surface area (Å²) in [5.74, 6) is -2.51. The lowest BCUT2D eigenvalue weighted by Gasteiger charge is -2.38. The quantitative estimate of drug-likeness (QED) is 0.172. The number of nitrogens with zero attached hydrogens (tertiary/aromatic N) is 2. The lowest BCUT2D eigenvalue weighted by molar-refractivity contribution is -0.161. The molecule has 13 nitrogen and oxygen atoms in total. The number of benzene rings is 2. The van der Waals surface area contributed by atoms with Crippen LogP contribution < -0.4 is 14.8 Å². The third-order valence-corrected chi connectivity index (χ3v) is 9.65. The highest BCUT2D eigenvalue weighted by Crippen LogP contribution is 2.41. The summed E-state index contributed by atoms with van der Waals surface area (Å²) in [5, 5.41) is 2.81. The lowest BCUT2D eigenvalue weighted by Crippen LogP contribution is -2.47. The number of nitrogens with one attached hydrogen (secondary N) is 1. The first-order chi connectivity index (χ1) is 24.4. The van der Waals surface area contributed by atoms with Crippen LogP contribution >= 0.6 is 11.3 Å². The molecule has 0 radical (unpaired) electrons. The van der Waals surface area contributed by atoms with E-state index >= 15 is 0 Å². The molecule has 1 unspecified atom stereocenters. The van der Waals surface area contributed by atoms with Gasteiger partial charge in [0.05, 0.1) is 32.5 Å². The summed E-state index contributed by atoms with van der Waals surface area (Å²) >= 11 is 1.20. The van der Waals surface area contributed by atoms with E-state index in [1.807, 2.05) is 24.3 Å². The number of anilines is 1. The molecule has 0 aliphatic carbocycles. The number of fused-ring (bicyclic) bond motifs is 2. The smallest absolute Gasteiger partial charge is 0.397 e. The predicted octanol–water partition coefficient (Wildman–Crippen LogP) is 5.37. The first-order valence-corrected chi connectivity index (χ1v) is 17.6. The molecule has 2 aliphatic heterocycles. The van der Waals surface area contributed by atoms with E-state index in [0.717, 1.165) is 10.4 Å². The topological polar surface area (TPSA) is 150 Å². The number of esters is 3. The Kier molecular flexibility index (Phi) is 11.0. The van der Waals surface area contributed by atoms with Crippen molar-refractivity contribution >= 4 is 46.1 Å². The Morgan fingerprint density at radius 2 is 1.50 bits per heavy atom. The van der Waals surface area contributed by atoms with Gasteiger partial charge in [0.2, 0.25) is 0 Å². The molecule has 1 aromatic heterocycles. The van der Waals surface area contributed by atoms with Crippen LogP contribution in [0, 0.1) is 0 Å². The number of methoxy groups -OCH3 is 3. The Morgan fingerprint density at radius 3 is 2.10 bits per heavy atom. The molecule has 3 aromatic rings. The molecule has 2 aromatic carbocycles. The third kappa shape index (κ3) is 8.56. The van der Waals surface area contributed by atoms with Crippen LogP contribution in [0.1, 0.15) is 94.2 Å². The van der Waals surface area contributed by atoms with Crippen molar-refractivity contribution in [2.24, 2.45) is 0 Å². The van der Waals surface area contributed by atoms with Crippen LogP contribution in [-0.4, -0.2) is 84.6 Å². The molecule has 278 valence electrons. The Bertz CT molecular complexity index is 1890. The van der Waals surface area contributed by atoms with Crippen molar-refractivity contribution in [1.29, 1.82) is 0 Å². The number of carbonyl (C=O) groups excluding carboxylic acids is 5. The molecule has 52 heavy (non-hydrogen) atoms. The standard InChI is InChI=1S/C38H45N3O10S/c1-37(2,3)50-35(45)30-27-14-22(18-41-19-28-25(33(41)43)15-24(48-8)16-26(28)34(44)49-9)40(17-21-10-12-23(47-7)13-11-21)20-29(27)52-32(30)39-31(42)36(46)51-38(4,5)6/h10-13,15-16,22H,14,17-20H2,1-9H3,(H,39,42). The molecule has 0 spiro atoms. The fourth-order valence-electron chi connectivity index (χ4n) is 6.23. The average molecular weight is 736 g/mol. The number of carbonyl (C=O) groups is 5. The number of amides is 2. The summed E-state index contributed by atoms with van der Waals surface area (Å²) in [7, 11) is 4.35. The molecule has 2 amide bonds. The van der Waals surface area contributed by atoms with Gasteiger partial charge in [0.1, 0.15) is 27.7 Å². The zero-order valence-corrected chi connectivity index (χ0v) is 31.8. The van der Waals surface area contributed by atoms with Crippen LogP contribution in [0.5, 0.6) is 11.5 Å². The van der Waals surface area contributed by atoms with Crippen molar-refractivity contribution in [3.63, 3.8) is 0 Å². The van der Waals surface area contributed by atoms with Crippen LogP contribution in [0.15, 0.2) is 36.4 Å². The number of ether oxygens (including phenoxy) is 5. The minimum absolute atomic E-state index is 0.162. The van der Waals surface area contributed by atoms with Crippen LogP contribution in [0.3, 0.4) is 0 Å². The van der Waals surface area contributed by atoms with Crippen molar-refractivity contribution in [2.75, 3.05) is 33.2 Å². The highest BCUT2D eigenvalue weighted by molar-refractivity contribution is 7.17. The second-order valence-corrected chi connectivity index (χ2v) is 15.8. The Hall–Kier alpha value is -4.95. The van der Waals surface area contributed by atoms with Gasteiger partial charge in [-0.2, -0.15) is 0 Å². The zero-order valence-electron chi connectivity index (χ0n) is 31.0. The summed E-state index contributed by atoms with van der Waals surface area (Å²) in [6.07, 6.45) is 0.312. The van der Waals surface area contributed by atoms with Gasteiger partial charge in [0, 0.05) is 42.7 Å². The zero-order chi connectivity index (χ0) is 38.1. The Labute approximate surface area is 307 Å². The monoisotopic (exact) mass is 735 g/mol. The molecule has 0 bridgehead atoms. The van der Waals surface area contributed by atoms with Crippen molar-refractivity contribution in [3.8, 4) is 11.5 Å². The minimum atomic E-state index is -1.08. The molecule has 0 saturated heterocycles. The average Bonchev–Trinajstić information content (AvgIpc) is 3.58. The van der Waals surface area contributed by atoms with Crippen molar-refractivity contribution < 1.29 is 47.7 Å². The van der Waals surface area contributed by atoms with E-state index in [9.17, 15) is 24.0 Å². The van der Waals surface area contributed by atoms with E-state index in [2.05, 4.69) is 10.2 Å². The van der Waals surface area contributed by atoms with Crippen molar-refractivity contribution in [3.05, 3.63) is 74.7 Å². The maximum atomic E-state index is 13.9. The van der Waals surface area contributed by atoms with Gasteiger partial charge in [0.25, 0.3) is 5.91 Å². The van der Waals surface area contributed by atoms with Gasteiger partial charge in [-0.05, 0) is 88.9 Å². The van der Waals surface area contributed by atoms with Gasteiger partial charge >= 0.3 is 23.8 Å². The molecule has 1 atom stereocenters. The number of thiophene rings is 1. The second-order valence-electron chi connectivity index (χ2n) is 14.7. The molecule has 1 N–H and O–H groups in total. The van der Waals surface area contributed by atoms with Crippen molar-refractivity contribution in [2.45, 2.75) is 84.8 Å². The first kappa shape index (κ1) is 38.3. The highest BCUT2D eigenvalue weighted by Gasteiger charge is 2.40. The van der Waals surface area contributed by atoms with E-state index in [-0.39, 0.29) is 41.2 Å². The van der Waals surface area contributed by atoms with Gasteiger partial charge < -0.3 is 33.9 Å². The van der Waals surface area contributed by atoms with Crippen LogP contribution in [0.4, 0.5) is 5.00 Å². The molecule has 2 aliphatic rings. The number of rotatable bonds is 9. The first-order valence-electron chi connectivity index (χ1n) is 16.8. The predicted molar refractivity (Wildman–Crippen MR) is 193 cm³/mol. The molecule has 3 heterocycles. The lowest BCUT2D eigenvalue weighted by atomic mass is 9.95. The van der Waals surface area contributed by atoms with Gasteiger partial charge in [-0.25, -0.2) is 14.4 Å². The van der Waals surface area contributed by atoms with E-state index in [1.54, 1.807) is 65.7 Å². The largest absolute Gasteiger partial charge is 0.497 e. The molecular weight excluding hydrogens is 690 g/mol. The molecule has 0 saturated carbocycles. The molecule has 14 heteroatoms. The fraction of sp³-hybridized carbons (Fsp3) is 0.447. The van der Waals surface area contributed by atoms with E-state index in [0.29, 0.717) is 47.7 Å². The van der Waals surface area contributed by atoms with E-state index in [4.69, 9.17) is 23.7 Å². The van der Waals surface area contributed by atoms with Crippen LogP contribution in [-0.2, 0) is 49.9 Å². The molecular formula is C38H45N3O10S. The van der Waals surface area contributed by atoms with E-state index in [1.165, 1.54) is 25.6 Å². The summed E-state index contributed by atoms with van der Waals surface area (Å²) in [4.78, 5) is 70.9. The Morgan fingerprint density at radius 1 is 0.846 bits per heavy atom. The number of hydrogen-bond donors (Lipinski definition) is 1. The highest BCUT2D eigenvalue weighted by atomic mass is 32.1. The normalized spacial score (nSPS) is 15.8. The molecule has 0 fully saturated rings. The minimum Gasteiger partial charge on any atom is -0.497 e. The maximum Gasteiger partial charge on any atom is 0.397 e. The summed E-state index contributed by atoms with van der Waals surface area (Å²) in [5.41, 5.74) is 1.23. The number of hydrogen-bond acceptors (Lipinski definition) is 12. The van der Waals surface area contributed by atoms with Gasteiger partial charge in [-0.1, -0.05) is 12.1 Å². The summed E-state index contributed by atoms with van der Waals surface area (Å²) in [6, 6.07) is 10.5. The summed E-state index contributed by atoms with van der Waals surface area (Å²) < 4.78 is 26.8. The maximum absolute atomic E-state index is 13.9. The van der Waals surface area contributed by atoms with Crippen LogP contribution in [0.2, 0.25) is 0 Å². The molecule has 5 rings (SSSR count). The van der Waals surface area contributed by atoms with Crippen LogP contribution in [0.25, 0.3) is 0 Å². The van der Waals surface area contributed by atoms with Gasteiger partial charge in [-0.15, -0.1) is 11.3 Å². The Balaban J connectivity index is 1.54. The van der Waals surface area contributed by atoms with Crippen molar-refractivity contribution in [1.82, 2.24) is 9.80 Å². The fourth-order valence-corrected chi connectivity index (χ4v) is 7.47. The SMILES string of the molecule is COC(=O)c1cc(OC)cc2c1CN(CC1Cc3c(sc(NC(=O)C(=O)OC(C)(C)C)c3C(=O)OC(C)(C)C)CN1Cc1ccc(OC)cc1)C2=O. The van der Waals surface area contributed by atoms with Gasteiger partial charge in [-0.3, -0.25) is 14.5 Å². The second kappa shape index (κ2) is 15.0.